The molecule has 12 heavy (non-hydrogen) atoms. The SMILES string of the molecule is O=Cc1cnc2sc(=O)[nH]c2c1. The van der Waals surface area contributed by atoms with E-state index in [0.29, 0.717) is 22.2 Å². The second-order valence-electron chi connectivity index (χ2n) is 2.25. The zero-order chi connectivity index (χ0) is 8.55. The van der Waals surface area contributed by atoms with E-state index in [0.717, 1.165) is 11.3 Å². The van der Waals surface area contributed by atoms with Gasteiger partial charge in [-0.15, -0.1) is 0 Å². The Kier molecular flexibility index (Phi) is 1.51. The summed E-state index contributed by atoms with van der Waals surface area (Å²) in [5.41, 5.74) is 1.09. The molecular formula is C7H4N2O2S. The topological polar surface area (TPSA) is 62.8 Å². The fourth-order valence-electron chi connectivity index (χ4n) is 0.927. The number of H-pyrrole nitrogens is 1. The smallest absolute Gasteiger partial charge is 0.307 e. The molecule has 0 aliphatic heterocycles. The summed E-state index contributed by atoms with van der Waals surface area (Å²) < 4.78 is 0. The zero-order valence-corrected chi connectivity index (χ0v) is 6.72. The van der Waals surface area contributed by atoms with E-state index in [-0.39, 0.29) is 4.87 Å². The lowest BCUT2D eigenvalue weighted by atomic mass is 10.3. The third-order valence-corrected chi connectivity index (χ3v) is 2.24. The maximum Gasteiger partial charge on any atom is 0.307 e. The minimum atomic E-state index is -0.152. The Labute approximate surface area is 70.9 Å². The van der Waals surface area contributed by atoms with E-state index in [1.54, 1.807) is 6.07 Å². The highest BCUT2D eigenvalue weighted by atomic mass is 32.1. The third-order valence-electron chi connectivity index (χ3n) is 1.43. The zero-order valence-electron chi connectivity index (χ0n) is 5.90. The fraction of sp³-hybridized carbons (Fsp3) is 0. The molecule has 4 nitrogen and oxygen atoms in total. The first-order valence-corrected chi connectivity index (χ1v) is 4.05. The monoisotopic (exact) mass is 180 g/mol. The number of thiazole rings is 1. The van der Waals surface area contributed by atoms with Crippen LogP contribution < -0.4 is 4.87 Å². The van der Waals surface area contributed by atoms with Gasteiger partial charge in [0.25, 0.3) is 0 Å². The van der Waals surface area contributed by atoms with Gasteiger partial charge in [0.05, 0.1) is 5.52 Å². The van der Waals surface area contributed by atoms with Gasteiger partial charge in [-0.05, 0) is 6.07 Å². The molecule has 5 heteroatoms. The molecule has 1 N–H and O–H groups in total. The van der Waals surface area contributed by atoms with Crippen LogP contribution in [0.5, 0.6) is 0 Å². The van der Waals surface area contributed by atoms with Crippen LogP contribution >= 0.6 is 11.3 Å². The number of aromatic nitrogens is 2. The van der Waals surface area contributed by atoms with Gasteiger partial charge in [-0.3, -0.25) is 9.59 Å². The van der Waals surface area contributed by atoms with Crippen LogP contribution in [0, 0.1) is 0 Å². The Bertz CT molecular complexity index is 485. The molecule has 2 heterocycles. The normalized spacial score (nSPS) is 10.3. The molecule has 2 aromatic heterocycles. The molecule has 0 radical (unpaired) electrons. The van der Waals surface area contributed by atoms with E-state index in [4.69, 9.17) is 0 Å². The molecule has 0 atom stereocenters. The lowest BCUT2D eigenvalue weighted by Crippen LogP contribution is -1.89. The van der Waals surface area contributed by atoms with Crippen molar-refractivity contribution in [2.45, 2.75) is 0 Å². The number of aromatic amines is 1. The number of nitrogens with zero attached hydrogens (tertiary/aromatic N) is 1. The maximum atomic E-state index is 10.8. The van der Waals surface area contributed by atoms with E-state index in [1.165, 1.54) is 6.20 Å². The minimum absolute atomic E-state index is 0.152. The van der Waals surface area contributed by atoms with Gasteiger partial charge in [0.1, 0.15) is 4.83 Å². The molecule has 60 valence electrons. The molecule has 0 aliphatic rings. The number of fused-ring (bicyclic) bond motifs is 1. The Balaban J connectivity index is 2.82. The van der Waals surface area contributed by atoms with Crippen molar-refractivity contribution in [3.05, 3.63) is 27.5 Å². The minimum Gasteiger partial charge on any atom is -0.311 e. The number of hydrogen-bond acceptors (Lipinski definition) is 4. The van der Waals surface area contributed by atoms with E-state index >= 15 is 0 Å². The van der Waals surface area contributed by atoms with Crippen LogP contribution in [-0.4, -0.2) is 16.3 Å². The van der Waals surface area contributed by atoms with Gasteiger partial charge in [-0.2, -0.15) is 0 Å². The van der Waals surface area contributed by atoms with Crippen molar-refractivity contribution in [1.82, 2.24) is 9.97 Å². The van der Waals surface area contributed by atoms with Crippen LogP contribution in [0.25, 0.3) is 10.3 Å². The quantitative estimate of drug-likeness (QED) is 0.660. The Morgan fingerprint density at radius 1 is 1.58 bits per heavy atom. The first kappa shape index (κ1) is 7.17. The van der Waals surface area contributed by atoms with Crippen molar-refractivity contribution >= 4 is 28.0 Å². The lowest BCUT2D eigenvalue weighted by molar-refractivity contribution is 0.112. The van der Waals surface area contributed by atoms with Gasteiger partial charge in [-0.1, -0.05) is 11.3 Å². The number of hydrogen-bond donors (Lipinski definition) is 1. The number of aldehydes is 1. The highest BCUT2D eigenvalue weighted by Crippen LogP contribution is 2.10. The van der Waals surface area contributed by atoms with Crippen LogP contribution in [0.3, 0.4) is 0 Å². The van der Waals surface area contributed by atoms with Gasteiger partial charge < -0.3 is 4.98 Å². The van der Waals surface area contributed by atoms with Crippen LogP contribution in [0.4, 0.5) is 0 Å². The summed E-state index contributed by atoms with van der Waals surface area (Å²) in [5.74, 6) is 0. The molecule has 2 aromatic rings. The first-order chi connectivity index (χ1) is 5.79. The summed E-state index contributed by atoms with van der Waals surface area (Å²) in [7, 11) is 0. The number of rotatable bonds is 1. The van der Waals surface area contributed by atoms with Crippen molar-refractivity contribution in [1.29, 1.82) is 0 Å². The van der Waals surface area contributed by atoms with Crippen LogP contribution in [0.2, 0.25) is 0 Å². The summed E-state index contributed by atoms with van der Waals surface area (Å²) in [5, 5.41) is 0. The molecule has 0 fully saturated rings. The van der Waals surface area contributed by atoms with Gasteiger partial charge in [-0.25, -0.2) is 4.98 Å². The molecule has 0 saturated heterocycles. The third kappa shape index (κ3) is 1.04. The highest BCUT2D eigenvalue weighted by Gasteiger charge is 2.00. The average molecular weight is 180 g/mol. The summed E-state index contributed by atoms with van der Waals surface area (Å²) in [4.78, 5) is 28.1. The predicted octanol–water partition coefficient (Wildman–Crippen LogP) is 0.797. The second-order valence-corrected chi connectivity index (χ2v) is 3.22. The average Bonchev–Trinajstić information content (AvgIpc) is 2.43. The van der Waals surface area contributed by atoms with E-state index < -0.39 is 0 Å². The Morgan fingerprint density at radius 2 is 2.42 bits per heavy atom. The second kappa shape index (κ2) is 2.53. The molecule has 0 amide bonds. The van der Waals surface area contributed by atoms with E-state index in [2.05, 4.69) is 9.97 Å². The predicted molar refractivity (Wildman–Crippen MR) is 45.6 cm³/mol. The molecule has 0 bridgehead atoms. The first-order valence-electron chi connectivity index (χ1n) is 3.23. The highest BCUT2D eigenvalue weighted by molar-refractivity contribution is 7.15. The van der Waals surface area contributed by atoms with E-state index in [1.807, 2.05) is 0 Å². The molecule has 0 aliphatic carbocycles. The number of nitrogens with one attached hydrogen (secondary N) is 1. The van der Waals surface area contributed by atoms with Gasteiger partial charge in [0, 0.05) is 11.8 Å². The molecule has 0 spiro atoms. The Morgan fingerprint density at radius 3 is 3.17 bits per heavy atom. The Hall–Kier alpha value is -1.49. The fourth-order valence-corrected chi connectivity index (χ4v) is 1.59. The summed E-state index contributed by atoms with van der Waals surface area (Å²) in [6.45, 7) is 0. The van der Waals surface area contributed by atoms with Gasteiger partial charge in [0.2, 0.25) is 0 Å². The van der Waals surface area contributed by atoms with Crippen LogP contribution in [-0.2, 0) is 0 Å². The largest absolute Gasteiger partial charge is 0.311 e. The van der Waals surface area contributed by atoms with Crippen molar-refractivity contribution < 1.29 is 4.79 Å². The van der Waals surface area contributed by atoms with Crippen molar-refractivity contribution in [3.63, 3.8) is 0 Å². The molecule has 2 rings (SSSR count). The summed E-state index contributed by atoms with van der Waals surface area (Å²) in [6, 6.07) is 1.60. The van der Waals surface area contributed by atoms with Crippen molar-refractivity contribution in [3.8, 4) is 0 Å². The summed E-state index contributed by atoms with van der Waals surface area (Å²) >= 11 is 1.03. The van der Waals surface area contributed by atoms with Gasteiger partial charge in [0.15, 0.2) is 6.29 Å². The molecule has 0 aromatic carbocycles. The van der Waals surface area contributed by atoms with Crippen molar-refractivity contribution in [2.75, 3.05) is 0 Å². The van der Waals surface area contributed by atoms with Crippen LogP contribution in [0.1, 0.15) is 10.4 Å². The van der Waals surface area contributed by atoms with Gasteiger partial charge >= 0.3 is 4.87 Å². The number of pyridine rings is 1. The number of carbonyl (C=O) groups is 1. The standard InChI is InChI=1S/C7H4N2O2S/c10-3-4-1-5-6(8-2-4)12-7(11)9-5/h1-3H,(H,9,11). The molecular weight excluding hydrogens is 176 g/mol. The van der Waals surface area contributed by atoms with Crippen molar-refractivity contribution in [2.24, 2.45) is 0 Å². The van der Waals surface area contributed by atoms with E-state index in [9.17, 15) is 9.59 Å². The molecule has 0 unspecified atom stereocenters. The number of carbonyl (C=O) groups excluding carboxylic acids is 1. The lowest BCUT2D eigenvalue weighted by Gasteiger charge is -1.87. The maximum absolute atomic E-state index is 10.8. The summed E-state index contributed by atoms with van der Waals surface area (Å²) in [6.07, 6.45) is 2.14. The molecule has 0 saturated carbocycles. The van der Waals surface area contributed by atoms with Crippen LogP contribution in [0.15, 0.2) is 17.1 Å².